The summed E-state index contributed by atoms with van der Waals surface area (Å²) in [4.78, 5) is 16.5. The maximum Gasteiger partial charge on any atom is 0.258 e. The van der Waals surface area contributed by atoms with Crippen molar-refractivity contribution in [3.8, 4) is 0 Å². The van der Waals surface area contributed by atoms with Crippen LogP contribution in [0.25, 0.3) is 11.1 Å². The highest BCUT2D eigenvalue weighted by atomic mass is 35.5. The first-order valence-corrected chi connectivity index (χ1v) is 6.92. The number of aromatic nitrogens is 2. The van der Waals surface area contributed by atoms with Crippen LogP contribution in [0, 0.1) is 18.8 Å². The fourth-order valence-electron chi connectivity index (χ4n) is 2.91. The van der Waals surface area contributed by atoms with Crippen molar-refractivity contribution < 1.29 is 9.32 Å². The second-order valence-corrected chi connectivity index (χ2v) is 5.37. The van der Waals surface area contributed by atoms with E-state index in [1.165, 1.54) is 0 Å². The van der Waals surface area contributed by atoms with Gasteiger partial charge in [-0.2, -0.15) is 0 Å². The molecule has 0 bridgehead atoms. The summed E-state index contributed by atoms with van der Waals surface area (Å²) in [6.07, 6.45) is 4.62. The second-order valence-electron chi connectivity index (χ2n) is 5.37. The third kappa shape index (κ3) is 3.51. The van der Waals surface area contributed by atoms with Gasteiger partial charge in [-0.15, -0.1) is 24.8 Å². The zero-order chi connectivity index (χ0) is 14.1. The molecule has 1 saturated carbocycles. The maximum atomic E-state index is 12.3. The van der Waals surface area contributed by atoms with Gasteiger partial charge in [0.25, 0.3) is 5.71 Å². The van der Waals surface area contributed by atoms with E-state index < -0.39 is 0 Å². The smallest absolute Gasteiger partial charge is 0.258 e. The summed E-state index contributed by atoms with van der Waals surface area (Å²) in [5, 5.41) is 7.61. The normalized spacial score (nSPS) is 20.3. The van der Waals surface area contributed by atoms with E-state index in [2.05, 4.69) is 15.5 Å². The van der Waals surface area contributed by atoms with E-state index in [0.29, 0.717) is 23.9 Å². The van der Waals surface area contributed by atoms with E-state index in [1.54, 1.807) is 6.20 Å². The topological polar surface area (TPSA) is 94.0 Å². The fourth-order valence-corrected chi connectivity index (χ4v) is 2.91. The van der Waals surface area contributed by atoms with Gasteiger partial charge < -0.3 is 15.6 Å². The van der Waals surface area contributed by atoms with Gasteiger partial charge in [0, 0.05) is 5.92 Å². The van der Waals surface area contributed by atoms with Gasteiger partial charge >= 0.3 is 0 Å². The van der Waals surface area contributed by atoms with Crippen LogP contribution in [0.1, 0.15) is 25.0 Å². The third-order valence-corrected chi connectivity index (χ3v) is 4.08. The summed E-state index contributed by atoms with van der Waals surface area (Å²) in [6, 6.07) is 1.85. The SMILES string of the molecule is Cc1noc2ncc(NC(=O)[C@@H]3CCC[C@@H]3CN)cc12.Cl.Cl. The van der Waals surface area contributed by atoms with Crippen LogP contribution in [0.5, 0.6) is 0 Å². The lowest BCUT2D eigenvalue weighted by atomic mass is 9.95. The van der Waals surface area contributed by atoms with Crippen molar-refractivity contribution in [3.63, 3.8) is 0 Å². The molecule has 2 aromatic rings. The van der Waals surface area contributed by atoms with Crippen LogP contribution in [0.4, 0.5) is 5.69 Å². The molecule has 2 atom stereocenters. The molecule has 0 unspecified atom stereocenters. The Balaban J connectivity index is 0.00000121. The first kappa shape index (κ1) is 18.7. The molecule has 2 aromatic heterocycles. The lowest BCUT2D eigenvalue weighted by Crippen LogP contribution is -2.29. The van der Waals surface area contributed by atoms with Crippen molar-refractivity contribution in [2.75, 3.05) is 11.9 Å². The highest BCUT2D eigenvalue weighted by molar-refractivity contribution is 5.94. The first-order valence-electron chi connectivity index (χ1n) is 6.92. The Morgan fingerprint density at radius 1 is 1.45 bits per heavy atom. The van der Waals surface area contributed by atoms with Crippen molar-refractivity contribution >= 4 is 47.5 Å². The van der Waals surface area contributed by atoms with Crippen LogP contribution in [0.15, 0.2) is 16.8 Å². The molecule has 122 valence electrons. The summed E-state index contributed by atoms with van der Waals surface area (Å²) >= 11 is 0. The number of nitrogens with two attached hydrogens (primary N) is 1. The maximum absolute atomic E-state index is 12.3. The minimum atomic E-state index is 0. The highest BCUT2D eigenvalue weighted by Crippen LogP contribution is 2.32. The van der Waals surface area contributed by atoms with Crippen LogP contribution in [-0.2, 0) is 4.79 Å². The number of anilines is 1. The zero-order valence-corrected chi connectivity index (χ0v) is 13.9. The van der Waals surface area contributed by atoms with Crippen LogP contribution in [0.2, 0.25) is 0 Å². The van der Waals surface area contributed by atoms with Gasteiger partial charge in [0.15, 0.2) is 0 Å². The van der Waals surface area contributed by atoms with Crippen LogP contribution < -0.4 is 11.1 Å². The summed E-state index contributed by atoms with van der Waals surface area (Å²) in [7, 11) is 0. The fraction of sp³-hybridized carbons (Fsp3) is 0.500. The van der Waals surface area contributed by atoms with Gasteiger partial charge in [-0.25, -0.2) is 4.98 Å². The van der Waals surface area contributed by atoms with Gasteiger partial charge in [0.05, 0.1) is 23.0 Å². The molecule has 1 aliphatic carbocycles. The van der Waals surface area contributed by atoms with E-state index in [0.717, 1.165) is 30.3 Å². The zero-order valence-electron chi connectivity index (χ0n) is 12.2. The Morgan fingerprint density at radius 3 is 2.95 bits per heavy atom. The molecule has 0 saturated heterocycles. The number of halogens is 2. The number of nitrogens with zero attached hydrogens (tertiary/aromatic N) is 2. The lowest BCUT2D eigenvalue weighted by molar-refractivity contribution is -0.120. The van der Waals surface area contributed by atoms with Crippen LogP contribution >= 0.6 is 24.8 Å². The minimum Gasteiger partial charge on any atom is -0.336 e. The van der Waals surface area contributed by atoms with E-state index in [4.69, 9.17) is 10.3 Å². The number of hydrogen-bond donors (Lipinski definition) is 2. The molecule has 2 heterocycles. The Morgan fingerprint density at radius 2 is 2.23 bits per heavy atom. The molecular formula is C14H20Cl2N4O2. The molecule has 3 N–H and O–H groups in total. The molecule has 3 rings (SSSR count). The van der Waals surface area contributed by atoms with Crippen molar-refractivity contribution in [2.45, 2.75) is 26.2 Å². The number of carbonyl (C=O) groups excluding carboxylic acids is 1. The monoisotopic (exact) mass is 346 g/mol. The van der Waals surface area contributed by atoms with Gasteiger partial charge in [0.1, 0.15) is 0 Å². The van der Waals surface area contributed by atoms with Gasteiger partial charge in [-0.3, -0.25) is 4.79 Å². The minimum absolute atomic E-state index is 0. The number of carbonyl (C=O) groups is 1. The van der Waals surface area contributed by atoms with E-state index in [-0.39, 0.29) is 36.6 Å². The van der Waals surface area contributed by atoms with Crippen molar-refractivity contribution in [1.29, 1.82) is 0 Å². The lowest BCUT2D eigenvalue weighted by Gasteiger charge is -2.17. The molecule has 0 spiro atoms. The Kier molecular flexibility index (Phi) is 6.59. The molecule has 1 fully saturated rings. The molecule has 0 aliphatic heterocycles. The summed E-state index contributed by atoms with van der Waals surface area (Å²) < 4.78 is 5.05. The van der Waals surface area contributed by atoms with Crippen LogP contribution in [0.3, 0.4) is 0 Å². The van der Waals surface area contributed by atoms with Crippen molar-refractivity contribution in [1.82, 2.24) is 10.1 Å². The predicted molar refractivity (Wildman–Crippen MR) is 89.6 cm³/mol. The molecule has 1 amide bonds. The van der Waals surface area contributed by atoms with Crippen molar-refractivity contribution in [2.24, 2.45) is 17.6 Å². The second kappa shape index (κ2) is 7.76. The number of fused-ring (bicyclic) bond motifs is 1. The van der Waals surface area contributed by atoms with Crippen LogP contribution in [-0.4, -0.2) is 22.6 Å². The molecule has 0 aromatic carbocycles. The Bertz CT molecular complexity index is 647. The largest absolute Gasteiger partial charge is 0.336 e. The average Bonchev–Trinajstić information content (AvgIpc) is 3.06. The Labute approximate surface area is 141 Å². The van der Waals surface area contributed by atoms with Gasteiger partial charge in [-0.1, -0.05) is 11.6 Å². The predicted octanol–water partition coefficient (Wildman–Crippen LogP) is 2.69. The quantitative estimate of drug-likeness (QED) is 0.890. The van der Waals surface area contributed by atoms with E-state index in [9.17, 15) is 4.79 Å². The van der Waals surface area contributed by atoms with Gasteiger partial charge in [0.2, 0.25) is 5.91 Å². The number of aryl methyl sites for hydroxylation is 1. The molecule has 1 aliphatic rings. The third-order valence-electron chi connectivity index (χ3n) is 4.08. The van der Waals surface area contributed by atoms with Gasteiger partial charge in [-0.05, 0) is 38.3 Å². The molecule has 0 radical (unpaired) electrons. The summed E-state index contributed by atoms with van der Waals surface area (Å²) in [6.45, 7) is 2.42. The first-order chi connectivity index (χ1) is 9.69. The summed E-state index contributed by atoms with van der Waals surface area (Å²) in [5.74, 6) is 0.344. The number of hydrogen-bond acceptors (Lipinski definition) is 5. The molecule has 22 heavy (non-hydrogen) atoms. The number of rotatable bonds is 3. The van der Waals surface area contributed by atoms with E-state index in [1.807, 2.05) is 13.0 Å². The molecule has 6 nitrogen and oxygen atoms in total. The molecular weight excluding hydrogens is 327 g/mol. The number of pyridine rings is 1. The average molecular weight is 347 g/mol. The summed E-state index contributed by atoms with van der Waals surface area (Å²) in [5.41, 5.74) is 7.66. The Hall–Kier alpha value is -1.37. The highest BCUT2D eigenvalue weighted by Gasteiger charge is 2.31. The number of amides is 1. The van der Waals surface area contributed by atoms with E-state index >= 15 is 0 Å². The molecule has 8 heteroatoms. The number of nitrogens with one attached hydrogen (secondary N) is 1. The standard InChI is InChI=1S/C14H18N4O2.2ClH/c1-8-12-5-10(7-16-14(12)20-18-8)17-13(19)11-4-2-3-9(11)6-15;;/h5,7,9,11H,2-4,6,15H2,1H3,(H,17,19);2*1H/t9-,11-;;/m1../s1. The van der Waals surface area contributed by atoms with Crippen molar-refractivity contribution in [3.05, 3.63) is 18.0 Å².